The fraction of sp³-hybridized carbons (Fsp3) is 0.231. The van der Waals surface area contributed by atoms with Gasteiger partial charge in [0.1, 0.15) is 5.69 Å². The zero-order valence-corrected chi connectivity index (χ0v) is 18.2. The number of carbonyl (C=O) groups excluding carboxylic acids is 1. The number of rotatable bonds is 6. The summed E-state index contributed by atoms with van der Waals surface area (Å²) in [4.78, 5) is 26.4. The third-order valence-corrected chi connectivity index (χ3v) is 6.04. The number of carbonyl (C=O) groups is 1. The number of hydrogen-bond donors (Lipinski definition) is 1. The minimum Gasteiger partial charge on any atom is -0.343 e. The molecule has 1 N–H and O–H groups in total. The Morgan fingerprint density at radius 1 is 1.03 bits per heavy atom. The second kappa shape index (κ2) is 8.38. The van der Waals surface area contributed by atoms with Crippen LogP contribution in [0.4, 0.5) is 5.69 Å². The van der Waals surface area contributed by atoms with E-state index < -0.39 is 0 Å². The van der Waals surface area contributed by atoms with Gasteiger partial charge in [0, 0.05) is 59.9 Å². The third-order valence-electron chi connectivity index (χ3n) is 6.04. The fourth-order valence-corrected chi connectivity index (χ4v) is 3.78. The van der Waals surface area contributed by atoms with Crippen LogP contribution >= 0.6 is 0 Å². The number of anilines is 1. The van der Waals surface area contributed by atoms with Crippen LogP contribution in [0.1, 0.15) is 34.5 Å². The number of aromatic nitrogens is 4. The molecule has 0 bridgehead atoms. The molecular formula is C26H25N5O. The van der Waals surface area contributed by atoms with Gasteiger partial charge in [-0.15, -0.1) is 0 Å². The molecule has 0 saturated heterocycles. The van der Waals surface area contributed by atoms with Crippen molar-refractivity contribution < 1.29 is 4.79 Å². The Morgan fingerprint density at radius 2 is 1.84 bits per heavy atom. The van der Waals surface area contributed by atoms with Crippen molar-refractivity contribution in [1.29, 1.82) is 0 Å². The van der Waals surface area contributed by atoms with Crippen LogP contribution in [0.15, 0.2) is 67.4 Å². The van der Waals surface area contributed by atoms with E-state index in [1.807, 2.05) is 56.4 Å². The van der Waals surface area contributed by atoms with Gasteiger partial charge in [-0.2, -0.15) is 0 Å². The van der Waals surface area contributed by atoms with Crippen molar-refractivity contribution in [3.8, 4) is 22.5 Å². The molecule has 4 aromatic rings. The summed E-state index contributed by atoms with van der Waals surface area (Å²) in [6.45, 7) is 4.93. The molecular weight excluding hydrogens is 398 g/mol. The SMILES string of the molecule is Cc1cccc(NC(=O)c2cc(-c3cnc(-c4cccnc4)nc3)cn2CC2CC2)c1C. The van der Waals surface area contributed by atoms with E-state index in [1.54, 1.807) is 24.8 Å². The lowest BCUT2D eigenvalue weighted by Gasteiger charge is -2.12. The molecule has 0 aliphatic heterocycles. The quantitative estimate of drug-likeness (QED) is 0.458. The highest BCUT2D eigenvalue weighted by atomic mass is 16.1. The van der Waals surface area contributed by atoms with Gasteiger partial charge < -0.3 is 9.88 Å². The molecule has 1 amide bonds. The topological polar surface area (TPSA) is 72.7 Å². The predicted molar refractivity (Wildman–Crippen MR) is 125 cm³/mol. The van der Waals surface area contributed by atoms with Gasteiger partial charge in [0.15, 0.2) is 5.82 Å². The molecule has 0 radical (unpaired) electrons. The van der Waals surface area contributed by atoms with E-state index >= 15 is 0 Å². The smallest absolute Gasteiger partial charge is 0.272 e. The molecule has 0 spiro atoms. The number of aryl methyl sites for hydroxylation is 1. The van der Waals surface area contributed by atoms with Gasteiger partial charge >= 0.3 is 0 Å². The minimum absolute atomic E-state index is 0.0986. The van der Waals surface area contributed by atoms with E-state index in [9.17, 15) is 4.79 Å². The molecule has 1 fully saturated rings. The van der Waals surface area contributed by atoms with Crippen LogP contribution in [0.2, 0.25) is 0 Å². The molecule has 1 aliphatic carbocycles. The maximum Gasteiger partial charge on any atom is 0.272 e. The van der Waals surface area contributed by atoms with Crippen molar-refractivity contribution >= 4 is 11.6 Å². The van der Waals surface area contributed by atoms with Gasteiger partial charge in [-0.3, -0.25) is 9.78 Å². The van der Waals surface area contributed by atoms with Crippen LogP contribution in [0.5, 0.6) is 0 Å². The van der Waals surface area contributed by atoms with Crippen LogP contribution in [-0.4, -0.2) is 25.4 Å². The largest absolute Gasteiger partial charge is 0.343 e. The highest BCUT2D eigenvalue weighted by molar-refractivity contribution is 6.04. The maximum absolute atomic E-state index is 13.2. The van der Waals surface area contributed by atoms with Crippen LogP contribution in [0.25, 0.3) is 22.5 Å². The number of nitrogens with zero attached hydrogens (tertiary/aromatic N) is 4. The summed E-state index contributed by atoms with van der Waals surface area (Å²) in [5.74, 6) is 1.18. The number of hydrogen-bond acceptors (Lipinski definition) is 4. The first-order valence-electron chi connectivity index (χ1n) is 10.9. The van der Waals surface area contributed by atoms with E-state index in [-0.39, 0.29) is 5.91 Å². The first-order valence-corrected chi connectivity index (χ1v) is 10.9. The zero-order chi connectivity index (χ0) is 22.1. The average molecular weight is 424 g/mol. The highest BCUT2D eigenvalue weighted by Gasteiger charge is 2.25. The van der Waals surface area contributed by atoms with Gasteiger partial charge in [-0.05, 0) is 68.0 Å². The molecule has 6 heteroatoms. The molecule has 5 rings (SSSR count). The van der Waals surface area contributed by atoms with Crippen LogP contribution in [0, 0.1) is 19.8 Å². The summed E-state index contributed by atoms with van der Waals surface area (Å²) in [5.41, 5.74) is 6.44. The van der Waals surface area contributed by atoms with Crippen molar-refractivity contribution in [3.63, 3.8) is 0 Å². The highest BCUT2D eigenvalue weighted by Crippen LogP contribution is 2.33. The van der Waals surface area contributed by atoms with Crippen LogP contribution in [0.3, 0.4) is 0 Å². The maximum atomic E-state index is 13.2. The molecule has 1 saturated carbocycles. The van der Waals surface area contributed by atoms with Crippen molar-refractivity contribution in [2.24, 2.45) is 5.92 Å². The number of pyridine rings is 1. The fourth-order valence-electron chi connectivity index (χ4n) is 3.78. The van der Waals surface area contributed by atoms with Crippen molar-refractivity contribution in [1.82, 2.24) is 19.5 Å². The van der Waals surface area contributed by atoms with Crippen molar-refractivity contribution in [3.05, 3.63) is 84.2 Å². The molecule has 0 unspecified atom stereocenters. The lowest BCUT2D eigenvalue weighted by Crippen LogP contribution is -2.18. The molecule has 160 valence electrons. The Hall–Kier alpha value is -3.80. The van der Waals surface area contributed by atoms with Gasteiger partial charge in [-0.1, -0.05) is 12.1 Å². The summed E-state index contributed by atoms with van der Waals surface area (Å²) < 4.78 is 2.07. The molecule has 3 heterocycles. The summed E-state index contributed by atoms with van der Waals surface area (Å²) in [5, 5.41) is 3.10. The molecule has 32 heavy (non-hydrogen) atoms. The number of nitrogens with one attached hydrogen (secondary N) is 1. The Balaban J connectivity index is 1.44. The van der Waals surface area contributed by atoms with Gasteiger partial charge in [0.25, 0.3) is 5.91 Å². The number of amides is 1. The first-order chi connectivity index (χ1) is 15.6. The second-order valence-corrected chi connectivity index (χ2v) is 8.45. The first kappa shape index (κ1) is 20.1. The number of benzene rings is 1. The third kappa shape index (κ3) is 4.17. The predicted octanol–water partition coefficient (Wildman–Crippen LogP) is 5.29. The average Bonchev–Trinajstić information content (AvgIpc) is 3.54. The van der Waals surface area contributed by atoms with Gasteiger partial charge in [0.2, 0.25) is 0 Å². The normalized spacial score (nSPS) is 13.2. The van der Waals surface area contributed by atoms with Crippen molar-refractivity contribution in [2.45, 2.75) is 33.2 Å². The van der Waals surface area contributed by atoms with E-state index in [1.165, 1.54) is 12.8 Å². The van der Waals surface area contributed by atoms with E-state index in [4.69, 9.17) is 0 Å². The van der Waals surface area contributed by atoms with E-state index in [0.29, 0.717) is 17.4 Å². The standard InChI is InChI=1S/C26H25N5O/c1-17-5-3-7-23(18(17)2)30-26(32)24-11-21(16-31(24)15-19-8-9-19)22-13-28-25(29-14-22)20-6-4-10-27-12-20/h3-7,10-14,16,19H,8-9,15H2,1-2H3,(H,30,32). The lowest BCUT2D eigenvalue weighted by atomic mass is 10.1. The summed E-state index contributed by atoms with van der Waals surface area (Å²) >= 11 is 0. The molecule has 3 aromatic heterocycles. The van der Waals surface area contributed by atoms with Crippen LogP contribution in [-0.2, 0) is 6.54 Å². The summed E-state index contributed by atoms with van der Waals surface area (Å²) in [6, 6.07) is 11.7. The molecule has 0 atom stereocenters. The molecule has 1 aromatic carbocycles. The Morgan fingerprint density at radius 3 is 2.56 bits per heavy atom. The molecule has 6 nitrogen and oxygen atoms in total. The Kier molecular flexibility index (Phi) is 5.27. The van der Waals surface area contributed by atoms with E-state index in [2.05, 4.69) is 24.8 Å². The Labute approximate surface area is 187 Å². The van der Waals surface area contributed by atoms with Crippen molar-refractivity contribution in [2.75, 3.05) is 5.32 Å². The lowest BCUT2D eigenvalue weighted by molar-refractivity contribution is 0.101. The van der Waals surface area contributed by atoms with Crippen LogP contribution < -0.4 is 5.32 Å². The summed E-state index contributed by atoms with van der Waals surface area (Å²) in [6.07, 6.45) is 11.6. The van der Waals surface area contributed by atoms with Gasteiger partial charge in [0.05, 0.1) is 0 Å². The second-order valence-electron chi connectivity index (χ2n) is 8.45. The van der Waals surface area contributed by atoms with Gasteiger partial charge in [-0.25, -0.2) is 9.97 Å². The monoisotopic (exact) mass is 423 g/mol. The zero-order valence-electron chi connectivity index (χ0n) is 18.2. The molecule has 1 aliphatic rings. The minimum atomic E-state index is -0.0986. The Bertz CT molecular complexity index is 1260. The summed E-state index contributed by atoms with van der Waals surface area (Å²) in [7, 11) is 0. The van der Waals surface area contributed by atoms with E-state index in [0.717, 1.165) is 40.0 Å².